The fraction of sp³-hybridized carbons (Fsp3) is 0.500. The molecule has 4 atom stereocenters. The Morgan fingerprint density at radius 3 is 2.84 bits per heavy atom. The molecule has 0 radical (unpaired) electrons. The van der Waals surface area contributed by atoms with Crippen LogP contribution in [0.3, 0.4) is 0 Å². The number of imidazole rings is 1. The molecular formula is C18H21ClFN3O2. The third kappa shape index (κ3) is 3.66. The molecule has 4 rings (SSSR count). The fourth-order valence-corrected chi connectivity index (χ4v) is 4.29. The molecule has 25 heavy (non-hydrogen) atoms. The van der Waals surface area contributed by atoms with Gasteiger partial charge in [-0.2, -0.15) is 0 Å². The Labute approximate surface area is 150 Å². The molecule has 0 spiro atoms. The second-order valence-electron chi connectivity index (χ2n) is 7.02. The van der Waals surface area contributed by atoms with Crippen LogP contribution in [0.2, 0.25) is 5.02 Å². The molecule has 1 aromatic heterocycles. The van der Waals surface area contributed by atoms with Crippen LogP contribution < -0.4 is 4.74 Å². The summed E-state index contributed by atoms with van der Waals surface area (Å²) in [4.78, 5) is 9.79. The standard InChI is InChI=1S/C18H21ClFN3O2/c19-14-7-13(20)1-2-16(14)25-17-6-12-9-23(8-11(12)5-15(17)24)10-18-21-3-4-22-18/h1-4,7,11-12,15,17,24H,5-6,8-10H2,(H,21,22)/t11-,12+,15+,17+/m0/s1. The van der Waals surface area contributed by atoms with E-state index in [0.29, 0.717) is 24.0 Å². The lowest BCUT2D eigenvalue weighted by Crippen LogP contribution is -2.42. The van der Waals surface area contributed by atoms with Crippen molar-refractivity contribution in [3.63, 3.8) is 0 Å². The number of aliphatic hydroxyl groups excluding tert-OH is 1. The van der Waals surface area contributed by atoms with Crippen molar-refractivity contribution in [1.82, 2.24) is 14.9 Å². The van der Waals surface area contributed by atoms with Gasteiger partial charge in [-0.15, -0.1) is 0 Å². The number of nitrogens with one attached hydrogen (secondary N) is 1. The van der Waals surface area contributed by atoms with Crippen LogP contribution in [0.4, 0.5) is 4.39 Å². The average Bonchev–Trinajstić information content (AvgIpc) is 3.20. The van der Waals surface area contributed by atoms with E-state index in [0.717, 1.165) is 31.9 Å². The highest BCUT2D eigenvalue weighted by Gasteiger charge is 2.42. The summed E-state index contributed by atoms with van der Waals surface area (Å²) in [5, 5.41) is 10.7. The SMILES string of the molecule is O[C@@H]1C[C@H]2CN(Cc3ncc[nH]3)C[C@H]2C[C@H]1Oc1ccc(F)cc1Cl. The Kier molecular flexibility index (Phi) is 4.67. The molecule has 5 nitrogen and oxygen atoms in total. The van der Waals surface area contributed by atoms with E-state index in [2.05, 4.69) is 14.9 Å². The highest BCUT2D eigenvalue weighted by atomic mass is 35.5. The Hall–Kier alpha value is -1.63. The molecule has 1 saturated carbocycles. The van der Waals surface area contributed by atoms with Gasteiger partial charge in [0.2, 0.25) is 0 Å². The van der Waals surface area contributed by atoms with E-state index < -0.39 is 11.9 Å². The number of ether oxygens (including phenoxy) is 1. The minimum atomic E-state index is -0.536. The molecule has 134 valence electrons. The van der Waals surface area contributed by atoms with E-state index in [-0.39, 0.29) is 11.1 Å². The molecule has 2 fully saturated rings. The summed E-state index contributed by atoms with van der Waals surface area (Å²) < 4.78 is 19.1. The van der Waals surface area contributed by atoms with Gasteiger partial charge in [-0.25, -0.2) is 9.37 Å². The van der Waals surface area contributed by atoms with Gasteiger partial charge in [0, 0.05) is 25.5 Å². The lowest BCUT2D eigenvalue weighted by Gasteiger charge is -2.35. The van der Waals surface area contributed by atoms with Gasteiger partial charge in [-0.05, 0) is 42.9 Å². The first-order valence-electron chi connectivity index (χ1n) is 8.59. The summed E-state index contributed by atoms with van der Waals surface area (Å²) in [5.74, 6) is 1.93. The molecule has 1 aliphatic heterocycles. The van der Waals surface area contributed by atoms with Crippen LogP contribution in [0.5, 0.6) is 5.75 Å². The van der Waals surface area contributed by atoms with Crippen LogP contribution in [-0.2, 0) is 6.54 Å². The summed E-state index contributed by atoms with van der Waals surface area (Å²) in [6, 6.07) is 4.07. The molecule has 1 saturated heterocycles. The maximum Gasteiger partial charge on any atom is 0.138 e. The van der Waals surface area contributed by atoms with Crippen LogP contribution in [0, 0.1) is 17.7 Å². The molecule has 2 aromatic rings. The lowest BCUT2D eigenvalue weighted by molar-refractivity contribution is -0.0231. The molecule has 2 aliphatic rings. The highest BCUT2D eigenvalue weighted by Crippen LogP contribution is 2.39. The van der Waals surface area contributed by atoms with Crippen molar-refractivity contribution >= 4 is 11.6 Å². The van der Waals surface area contributed by atoms with Gasteiger partial charge in [0.15, 0.2) is 0 Å². The molecule has 1 aliphatic carbocycles. The number of fused-ring (bicyclic) bond motifs is 1. The largest absolute Gasteiger partial charge is 0.486 e. The van der Waals surface area contributed by atoms with E-state index in [1.165, 1.54) is 18.2 Å². The lowest BCUT2D eigenvalue weighted by atomic mass is 9.78. The summed E-state index contributed by atoms with van der Waals surface area (Å²) in [5.41, 5.74) is 0. The fourth-order valence-electron chi connectivity index (χ4n) is 4.07. The van der Waals surface area contributed by atoms with Crippen molar-refractivity contribution in [1.29, 1.82) is 0 Å². The minimum absolute atomic E-state index is 0.236. The Morgan fingerprint density at radius 1 is 1.32 bits per heavy atom. The number of hydrogen-bond donors (Lipinski definition) is 2. The molecule has 0 bridgehead atoms. The number of rotatable bonds is 4. The third-order valence-corrected chi connectivity index (χ3v) is 5.56. The van der Waals surface area contributed by atoms with Gasteiger partial charge in [0.05, 0.1) is 17.7 Å². The molecule has 0 amide bonds. The van der Waals surface area contributed by atoms with Crippen LogP contribution in [0.15, 0.2) is 30.6 Å². The second-order valence-corrected chi connectivity index (χ2v) is 7.43. The molecule has 2 N–H and O–H groups in total. The van der Waals surface area contributed by atoms with Crippen LogP contribution in [0.1, 0.15) is 18.7 Å². The maximum atomic E-state index is 13.2. The van der Waals surface area contributed by atoms with Gasteiger partial charge in [-0.3, -0.25) is 4.90 Å². The van der Waals surface area contributed by atoms with Crippen molar-refractivity contribution in [3.05, 3.63) is 47.3 Å². The molecule has 2 heterocycles. The molecule has 0 unspecified atom stereocenters. The number of H-pyrrole nitrogens is 1. The van der Waals surface area contributed by atoms with Gasteiger partial charge >= 0.3 is 0 Å². The van der Waals surface area contributed by atoms with Gasteiger partial charge in [-0.1, -0.05) is 11.6 Å². The van der Waals surface area contributed by atoms with Gasteiger partial charge in [0.25, 0.3) is 0 Å². The maximum absolute atomic E-state index is 13.2. The number of aromatic nitrogens is 2. The highest BCUT2D eigenvalue weighted by molar-refractivity contribution is 6.32. The zero-order valence-corrected chi connectivity index (χ0v) is 14.5. The first kappa shape index (κ1) is 16.8. The summed E-state index contributed by atoms with van der Waals surface area (Å²) in [6.07, 6.45) is 4.23. The van der Waals surface area contributed by atoms with Crippen molar-refractivity contribution in [2.24, 2.45) is 11.8 Å². The topological polar surface area (TPSA) is 61.4 Å². The van der Waals surface area contributed by atoms with Gasteiger partial charge in [0.1, 0.15) is 23.5 Å². The second kappa shape index (κ2) is 6.94. The number of aromatic amines is 1. The zero-order chi connectivity index (χ0) is 17.4. The first-order chi connectivity index (χ1) is 12.1. The number of nitrogens with zero attached hydrogens (tertiary/aromatic N) is 2. The molecular weight excluding hydrogens is 345 g/mol. The first-order valence-corrected chi connectivity index (χ1v) is 8.96. The van der Waals surface area contributed by atoms with Crippen molar-refractivity contribution in [2.45, 2.75) is 31.6 Å². The summed E-state index contributed by atoms with van der Waals surface area (Å²) in [6.45, 7) is 2.73. The van der Waals surface area contributed by atoms with E-state index in [1.54, 1.807) is 6.20 Å². The monoisotopic (exact) mass is 365 g/mol. The number of hydrogen-bond acceptors (Lipinski definition) is 4. The number of aliphatic hydroxyl groups is 1. The Bertz CT molecular complexity index is 727. The predicted octanol–water partition coefficient (Wildman–Crippen LogP) is 2.85. The third-order valence-electron chi connectivity index (χ3n) is 5.26. The number of benzene rings is 1. The van der Waals surface area contributed by atoms with Crippen molar-refractivity contribution in [2.75, 3.05) is 13.1 Å². The van der Waals surface area contributed by atoms with E-state index in [1.807, 2.05) is 6.20 Å². The zero-order valence-electron chi connectivity index (χ0n) is 13.7. The average molecular weight is 366 g/mol. The Balaban J connectivity index is 1.40. The van der Waals surface area contributed by atoms with Crippen LogP contribution in [-0.4, -0.2) is 45.3 Å². The van der Waals surface area contributed by atoms with E-state index in [9.17, 15) is 9.50 Å². The molecule has 1 aromatic carbocycles. The Morgan fingerprint density at radius 2 is 2.12 bits per heavy atom. The molecule has 7 heteroatoms. The number of likely N-dealkylation sites (tertiary alicyclic amines) is 1. The quantitative estimate of drug-likeness (QED) is 0.874. The summed E-state index contributed by atoms with van der Waals surface area (Å²) >= 11 is 6.05. The van der Waals surface area contributed by atoms with E-state index in [4.69, 9.17) is 16.3 Å². The van der Waals surface area contributed by atoms with Crippen molar-refractivity contribution < 1.29 is 14.2 Å². The number of halogens is 2. The summed E-state index contributed by atoms with van der Waals surface area (Å²) in [7, 11) is 0. The van der Waals surface area contributed by atoms with Crippen LogP contribution >= 0.6 is 11.6 Å². The van der Waals surface area contributed by atoms with Crippen molar-refractivity contribution in [3.8, 4) is 5.75 Å². The minimum Gasteiger partial charge on any atom is -0.486 e. The van der Waals surface area contributed by atoms with Gasteiger partial charge < -0.3 is 14.8 Å². The van der Waals surface area contributed by atoms with E-state index >= 15 is 0 Å². The predicted molar refractivity (Wildman–Crippen MR) is 91.9 cm³/mol. The van der Waals surface area contributed by atoms with Crippen LogP contribution in [0.25, 0.3) is 0 Å². The normalized spacial score (nSPS) is 29.6. The smallest absolute Gasteiger partial charge is 0.138 e.